The molecule has 0 saturated carbocycles. The Bertz CT molecular complexity index is 491. The van der Waals surface area contributed by atoms with Crippen molar-refractivity contribution < 1.29 is 14.3 Å². The zero-order valence-electron chi connectivity index (χ0n) is 13.5. The van der Waals surface area contributed by atoms with Gasteiger partial charge in [0, 0.05) is 26.2 Å². The van der Waals surface area contributed by atoms with Crippen molar-refractivity contribution in [2.75, 3.05) is 33.4 Å². The molecule has 1 aromatic rings. The fourth-order valence-electron chi connectivity index (χ4n) is 2.80. The third kappa shape index (κ3) is 4.21. The number of hydrogen-bond acceptors (Lipinski definition) is 4. The van der Waals surface area contributed by atoms with Crippen molar-refractivity contribution in [2.45, 2.75) is 25.8 Å². The van der Waals surface area contributed by atoms with E-state index in [1.54, 1.807) is 7.11 Å². The zero-order chi connectivity index (χ0) is 15.9. The molecule has 2 unspecified atom stereocenters. The number of hydrogen-bond donors (Lipinski definition) is 1. The van der Waals surface area contributed by atoms with Gasteiger partial charge in [-0.25, -0.2) is 0 Å². The summed E-state index contributed by atoms with van der Waals surface area (Å²) < 4.78 is 10.7. The Morgan fingerprint density at radius 2 is 2.18 bits per heavy atom. The summed E-state index contributed by atoms with van der Waals surface area (Å²) in [5.41, 5.74) is 6.62. The molecular formula is C17H26N2O3. The summed E-state index contributed by atoms with van der Waals surface area (Å²) in [4.78, 5) is 14.7. The van der Waals surface area contributed by atoms with Crippen LogP contribution in [-0.2, 0) is 4.74 Å². The number of carbonyl (C=O) groups is 1. The lowest BCUT2D eigenvalue weighted by Crippen LogP contribution is -2.45. The Morgan fingerprint density at radius 1 is 1.41 bits per heavy atom. The van der Waals surface area contributed by atoms with Crippen molar-refractivity contribution in [3.05, 3.63) is 29.8 Å². The molecular weight excluding hydrogens is 280 g/mol. The molecule has 1 amide bonds. The van der Waals surface area contributed by atoms with E-state index in [0.717, 1.165) is 25.9 Å². The minimum absolute atomic E-state index is 0.0263. The van der Waals surface area contributed by atoms with Crippen LogP contribution >= 0.6 is 0 Å². The average molecular weight is 306 g/mol. The van der Waals surface area contributed by atoms with Crippen LogP contribution in [0.1, 0.15) is 30.1 Å². The standard InChI is InChI=1S/C17H26N2O3/c1-13(18)14-6-5-9-19(12-14)17(20)15-7-3-4-8-16(15)22-11-10-21-2/h3-4,7-8,13-14H,5-6,9-12,18H2,1-2H3. The Hall–Kier alpha value is -1.59. The molecule has 2 N–H and O–H groups in total. The van der Waals surface area contributed by atoms with Gasteiger partial charge < -0.3 is 20.1 Å². The van der Waals surface area contributed by atoms with Crippen LogP contribution in [0.4, 0.5) is 0 Å². The van der Waals surface area contributed by atoms with Gasteiger partial charge in [0.05, 0.1) is 12.2 Å². The Balaban J connectivity index is 2.08. The van der Waals surface area contributed by atoms with Gasteiger partial charge in [0.2, 0.25) is 0 Å². The first kappa shape index (κ1) is 16.8. The average Bonchev–Trinajstić information content (AvgIpc) is 2.55. The van der Waals surface area contributed by atoms with Crippen LogP contribution in [0.3, 0.4) is 0 Å². The van der Waals surface area contributed by atoms with E-state index in [4.69, 9.17) is 15.2 Å². The normalized spacial score (nSPS) is 19.8. The maximum atomic E-state index is 12.8. The number of nitrogens with zero attached hydrogens (tertiary/aromatic N) is 1. The topological polar surface area (TPSA) is 64.8 Å². The lowest BCUT2D eigenvalue weighted by Gasteiger charge is -2.34. The summed E-state index contributed by atoms with van der Waals surface area (Å²) >= 11 is 0. The second-order valence-corrected chi connectivity index (χ2v) is 5.85. The quantitative estimate of drug-likeness (QED) is 0.815. The maximum Gasteiger partial charge on any atom is 0.257 e. The summed E-state index contributed by atoms with van der Waals surface area (Å²) in [6.07, 6.45) is 2.10. The SMILES string of the molecule is COCCOc1ccccc1C(=O)N1CCCC(C(C)N)C1. The van der Waals surface area contributed by atoms with Gasteiger partial charge in [-0.3, -0.25) is 4.79 Å². The molecule has 1 aliphatic heterocycles. The fraction of sp³-hybridized carbons (Fsp3) is 0.588. The largest absolute Gasteiger partial charge is 0.490 e. The van der Waals surface area contributed by atoms with Gasteiger partial charge in [-0.2, -0.15) is 0 Å². The van der Waals surface area contributed by atoms with Crippen LogP contribution in [0.25, 0.3) is 0 Å². The smallest absolute Gasteiger partial charge is 0.257 e. The highest BCUT2D eigenvalue weighted by molar-refractivity contribution is 5.97. The van der Waals surface area contributed by atoms with Crippen LogP contribution in [0.15, 0.2) is 24.3 Å². The first-order valence-electron chi connectivity index (χ1n) is 7.89. The first-order chi connectivity index (χ1) is 10.6. The second kappa shape index (κ2) is 8.15. The number of ether oxygens (including phenoxy) is 2. The highest BCUT2D eigenvalue weighted by Crippen LogP contribution is 2.24. The number of carbonyl (C=O) groups excluding carboxylic acids is 1. The molecule has 1 aliphatic rings. The molecule has 122 valence electrons. The van der Waals surface area contributed by atoms with Crippen LogP contribution in [0.5, 0.6) is 5.75 Å². The van der Waals surface area contributed by atoms with Crippen molar-refractivity contribution in [2.24, 2.45) is 11.7 Å². The number of rotatable bonds is 6. The minimum atomic E-state index is 0.0263. The van der Waals surface area contributed by atoms with E-state index in [9.17, 15) is 4.79 Å². The number of amides is 1. The number of piperidine rings is 1. The van der Waals surface area contributed by atoms with E-state index in [1.165, 1.54) is 0 Å². The van der Waals surface area contributed by atoms with Crippen LogP contribution in [-0.4, -0.2) is 50.3 Å². The summed E-state index contributed by atoms with van der Waals surface area (Å²) in [5.74, 6) is 1.02. The molecule has 0 radical (unpaired) electrons. The van der Waals surface area contributed by atoms with Gasteiger partial charge in [0.15, 0.2) is 0 Å². The molecule has 5 nitrogen and oxygen atoms in total. The summed E-state index contributed by atoms with van der Waals surface area (Å²) in [6, 6.07) is 7.50. The third-order valence-corrected chi connectivity index (χ3v) is 4.15. The lowest BCUT2D eigenvalue weighted by atomic mass is 9.92. The number of methoxy groups -OCH3 is 1. The number of para-hydroxylation sites is 1. The first-order valence-corrected chi connectivity index (χ1v) is 7.89. The van der Waals surface area contributed by atoms with Gasteiger partial charge in [0.25, 0.3) is 5.91 Å². The highest BCUT2D eigenvalue weighted by atomic mass is 16.5. The second-order valence-electron chi connectivity index (χ2n) is 5.85. The lowest BCUT2D eigenvalue weighted by molar-refractivity contribution is 0.0654. The van der Waals surface area contributed by atoms with Gasteiger partial charge in [0.1, 0.15) is 12.4 Å². The Morgan fingerprint density at radius 3 is 2.91 bits per heavy atom. The van der Waals surface area contributed by atoms with Gasteiger partial charge in [-0.15, -0.1) is 0 Å². The molecule has 2 atom stereocenters. The van der Waals surface area contributed by atoms with E-state index in [0.29, 0.717) is 30.4 Å². The van der Waals surface area contributed by atoms with Crippen LogP contribution in [0, 0.1) is 5.92 Å². The molecule has 0 bridgehead atoms. The summed E-state index contributed by atoms with van der Waals surface area (Å²) in [5, 5.41) is 0. The van der Waals surface area contributed by atoms with Crippen molar-refractivity contribution in [1.29, 1.82) is 0 Å². The van der Waals surface area contributed by atoms with Crippen molar-refractivity contribution in [1.82, 2.24) is 4.90 Å². The molecule has 1 saturated heterocycles. The van der Waals surface area contributed by atoms with Crippen LogP contribution in [0.2, 0.25) is 0 Å². The zero-order valence-corrected chi connectivity index (χ0v) is 13.5. The summed E-state index contributed by atoms with van der Waals surface area (Å²) in [6.45, 7) is 4.46. The van der Waals surface area contributed by atoms with Crippen molar-refractivity contribution in [3.8, 4) is 5.75 Å². The number of benzene rings is 1. The summed E-state index contributed by atoms with van der Waals surface area (Å²) in [7, 11) is 1.63. The molecule has 1 aromatic carbocycles. The molecule has 22 heavy (non-hydrogen) atoms. The van der Waals surface area contributed by atoms with Crippen LogP contribution < -0.4 is 10.5 Å². The molecule has 1 fully saturated rings. The third-order valence-electron chi connectivity index (χ3n) is 4.15. The van der Waals surface area contributed by atoms with E-state index >= 15 is 0 Å². The molecule has 0 aromatic heterocycles. The van der Waals surface area contributed by atoms with Crippen molar-refractivity contribution in [3.63, 3.8) is 0 Å². The molecule has 0 aliphatic carbocycles. The minimum Gasteiger partial charge on any atom is -0.490 e. The fourth-order valence-corrected chi connectivity index (χ4v) is 2.80. The van der Waals surface area contributed by atoms with Gasteiger partial charge in [-0.05, 0) is 37.8 Å². The number of likely N-dealkylation sites (tertiary alicyclic amines) is 1. The monoisotopic (exact) mass is 306 g/mol. The highest BCUT2D eigenvalue weighted by Gasteiger charge is 2.27. The van der Waals surface area contributed by atoms with E-state index in [1.807, 2.05) is 36.1 Å². The molecule has 1 heterocycles. The molecule has 2 rings (SSSR count). The Kier molecular flexibility index (Phi) is 6.21. The van der Waals surface area contributed by atoms with Gasteiger partial charge in [-0.1, -0.05) is 12.1 Å². The van der Waals surface area contributed by atoms with E-state index < -0.39 is 0 Å². The van der Waals surface area contributed by atoms with Crippen molar-refractivity contribution >= 4 is 5.91 Å². The van der Waals surface area contributed by atoms with E-state index in [2.05, 4.69) is 0 Å². The predicted molar refractivity (Wildman–Crippen MR) is 86.1 cm³/mol. The molecule has 0 spiro atoms. The van der Waals surface area contributed by atoms with Gasteiger partial charge >= 0.3 is 0 Å². The van der Waals surface area contributed by atoms with E-state index in [-0.39, 0.29) is 11.9 Å². The molecule has 5 heteroatoms. The predicted octanol–water partition coefficient (Wildman–Crippen LogP) is 1.91. The Labute approximate surface area is 132 Å². The number of nitrogens with two attached hydrogens (primary N) is 1. The maximum absolute atomic E-state index is 12.8.